The first-order valence-corrected chi connectivity index (χ1v) is 6.99. The molecule has 0 aliphatic carbocycles. The van der Waals surface area contributed by atoms with Crippen LogP contribution in [0, 0.1) is 11.3 Å². The highest BCUT2D eigenvalue weighted by Gasteiger charge is 2.17. The van der Waals surface area contributed by atoms with Crippen molar-refractivity contribution in [3.63, 3.8) is 0 Å². The van der Waals surface area contributed by atoms with Gasteiger partial charge in [-0.05, 0) is 22.0 Å². The lowest BCUT2D eigenvalue weighted by molar-refractivity contribution is 0.771. The second-order valence-electron chi connectivity index (χ2n) is 3.89. The fourth-order valence-corrected chi connectivity index (χ4v) is 3.61. The Balaban J connectivity index is 2.34. The van der Waals surface area contributed by atoms with Gasteiger partial charge in [0.25, 0.3) is 0 Å². The molecule has 0 atom stereocenters. The summed E-state index contributed by atoms with van der Waals surface area (Å²) in [5.41, 5.74) is 2.48. The van der Waals surface area contributed by atoms with E-state index in [0.29, 0.717) is 5.69 Å². The van der Waals surface area contributed by atoms with E-state index in [9.17, 15) is 0 Å². The van der Waals surface area contributed by atoms with Crippen molar-refractivity contribution in [2.45, 2.75) is 0 Å². The van der Waals surface area contributed by atoms with Crippen LogP contribution in [0.2, 0.25) is 0 Å². The van der Waals surface area contributed by atoms with Crippen LogP contribution in [0.4, 0.5) is 0 Å². The standard InChI is InChI=1S/C13H8BrN3S/c1-17-13(12(14)10(6-15)16-17)9-7-18-11-5-3-2-4-8(9)11/h2-5,7H,1H3. The number of hydrogen-bond donors (Lipinski definition) is 0. The summed E-state index contributed by atoms with van der Waals surface area (Å²) in [6, 6.07) is 10.3. The van der Waals surface area contributed by atoms with Gasteiger partial charge in [0.15, 0.2) is 5.69 Å². The van der Waals surface area contributed by atoms with E-state index in [-0.39, 0.29) is 0 Å². The maximum Gasteiger partial charge on any atom is 0.177 e. The molecule has 0 N–H and O–H groups in total. The van der Waals surface area contributed by atoms with Crippen molar-refractivity contribution in [2.75, 3.05) is 0 Å². The van der Waals surface area contributed by atoms with Gasteiger partial charge in [-0.25, -0.2) is 0 Å². The van der Waals surface area contributed by atoms with E-state index in [0.717, 1.165) is 15.7 Å². The maximum absolute atomic E-state index is 9.01. The van der Waals surface area contributed by atoms with Crippen molar-refractivity contribution in [2.24, 2.45) is 7.05 Å². The van der Waals surface area contributed by atoms with Crippen molar-refractivity contribution < 1.29 is 0 Å². The fraction of sp³-hybridized carbons (Fsp3) is 0.0769. The van der Waals surface area contributed by atoms with E-state index < -0.39 is 0 Å². The molecule has 0 saturated carbocycles. The number of nitrogens with zero attached hydrogens (tertiary/aromatic N) is 3. The van der Waals surface area contributed by atoms with E-state index in [4.69, 9.17) is 5.26 Å². The van der Waals surface area contributed by atoms with E-state index >= 15 is 0 Å². The Morgan fingerprint density at radius 2 is 2.17 bits per heavy atom. The summed E-state index contributed by atoms with van der Waals surface area (Å²) in [6.07, 6.45) is 0. The number of aryl methyl sites for hydroxylation is 1. The minimum absolute atomic E-state index is 0.419. The topological polar surface area (TPSA) is 41.6 Å². The molecule has 0 amide bonds. The predicted molar refractivity (Wildman–Crippen MR) is 76.4 cm³/mol. The van der Waals surface area contributed by atoms with Gasteiger partial charge < -0.3 is 0 Å². The van der Waals surface area contributed by atoms with Crippen LogP contribution in [0.1, 0.15) is 5.69 Å². The lowest BCUT2D eigenvalue weighted by Crippen LogP contribution is -1.93. The van der Waals surface area contributed by atoms with Crippen LogP contribution < -0.4 is 0 Å². The van der Waals surface area contributed by atoms with Crippen LogP contribution in [-0.2, 0) is 7.05 Å². The van der Waals surface area contributed by atoms with Gasteiger partial charge in [-0.2, -0.15) is 10.4 Å². The summed E-state index contributed by atoms with van der Waals surface area (Å²) >= 11 is 5.17. The van der Waals surface area contributed by atoms with Crippen LogP contribution in [0.25, 0.3) is 21.3 Å². The first-order chi connectivity index (χ1) is 8.72. The fourth-order valence-electron chi connectivity index (χ4n) is 2.02. The molecule has 1 aromatic carbocycles. The molecule has 0 spiro atoms. The average molecular weight is 318 g/mol. The van der Waals surface area contributed by atoms with Crippen molar-refractivity contribution in [3.05, 3.63) is 39.8 Å². The molecule has 2 heterocycles. The number of fused-ring (bicyclic) bond motifs is 1. The highest BCUT2D eigenvalue weighted by atomic mass is 79.9. The second-order valence-corrected chi connectivity index (χ2v) is 5.60. The highest BCUT2D eigenvalue weighted by molar-refractivity contribution is 9.10. The molecule has 3 nitrogen and oxygen atoms in total. The van der Waals surface area contributed by atoms with Gasteiger partial charge in [0.05, 0.1) is 10.2 Å². The number of aromatic nitrogens is 2. The van der Waals surface area contributed by atoms with Gasteiger partial charge in [0.2, 0.25) is 0 Å². The molecule has 3 rings (SSSR count). The third-order valence-corrected chi connectivity index (χ3v) is 4.55. The summed E-state index contributed by atoms with van der Waals surface area (Å²) in [6.45, 7) is 0. The summed E-state index contributed by atoms with van der Waals surface area (Å²) in [5.74, 6) is 0. The number of thiophene rings is 1. The van der Waals surface area contributed by atoms with E-state index in [1.807, 2.05) is 19.2 Å². The van der Waals surface area contributed by atoms with Crippen molar-refractivity contribution in [1.82, 2.24) is 9.78 Å². The second kappa shape index (κ2) is 4.23. The van der Waals surface area contributed by atoms with Crippen molar-refractivity contribution in [3.8, 4) is 17.3 Å². The van der Waals surface area contributed by atoms with E-state index in [1.54, 1.807) is 16.0 Å². The zero-order valence-electron chi connectivity index (χ0n) is 9.51. The van der Waals surface area contributed by atoms with Crippen LogP contribution in [0.15, 0.2) is 34.1 Å². The first-order valence-electron chi connectivity index (χ1n) is 5.31. The molecule has 5 heteroatoms. The monoisotopic (exact) mass is 317 g/mol. The quantitative estimate of drug-likeness (QED) is 0.682. The first kappa shape index (κ1) is 11.5. The highest BCUT2D eigenvalue weighted by Crippen LogP contribution is 2.38. The average Bonchev–Trinajstić information content (AvgIpc) is 2.91. The van der Waals surface area contributed by atoms with Crippen LogP contribution in [0.3, 0.4) is 0 Å². The normalized spacial score (nSPS) is 10.7. The maximum atomic E-state index is 9.01. The van der Waals surface area contributed by atoms with Gasteiger partial charge in [0, 0.05) is 28.1 Å². The van der Waals surface area contributed by atoms with Gasteiger partial charge in [-0.1, -0.05) is 18.2 Å². The summed E-state index contributed by atoms with van der Waals surface area (Å²) in [5, 5.41) is 16.5. The van der Waals surface area contributed by atoms with Gasteiger partial charge in [-0.15, -0.1) is 11.3 Å². The zero-order chi connectivity index (χ0) is 12.7. The molecule has 0 radical (unpaired) electrons. The third-order valence-electron chi connectivity index (χ3n) is 2.83. The number of halogens is 1. The Kier molecular flexibility index (Phi) is 2.69. The Morgan fingerprint density at radius 3 is 2.89 bits per heavy atom. The molecule has 0 aliphatic heterocycles. The van der Waals surface area contributed by atoms with E-state index in [1.165, 1.54) is 10.1 Å². The minimum Gasteiger partial charge on any atom is -0.265 e. The van der Waals surface area contributed by atoms with E-state index in [2.05, 4.69) is 44.6 Å². The molecular weight excluding hydrogens is 310 g/mol. The predicted octanol–water partition coefficient (Wildman–Crippen LogP) is 3.94. The largest absolute Gasteiger partial charge is 0.265 e. The molecule has 0 aliphatic rings. The molecular formula is C13H8BrN3S. The number of rotatable bonds is 1. The Hall–Kier alpha value is -1.64. The lowest BCUT2D eigenvalue weighted by atomic mass is 10.1. The van der Waals surface area contributed by atoms with Gasteiger partial charge in [0.1, 0.15) is 6.07 Å². The van der Waals surface area contributed by atoms with Crippen molar-refractivity contribution >= 4 is 37.4 Å². The van der Waals surface area contributed by atoms with Crippen LogP contribution in [0.5, 0.6) is 0 Å². The van der Waals surface area contributed by atoms with Crippen LogP contribution in [-0.4, -0.2) is 9.78 Å². The number of benzene rings is 1. The summed E-state index contributed by atoms with van der Waals surface area (Å²) in [4.78, 5) is 0. The summed E-state index contributed by atoms with van der Waals surface area (Å²) < 4.78 is 3.74. The van der Waals surface area contributed by atoms with Gasteiger partial charge >= 0.3 is 0 Å². The molecule has 2 aromatic heterocycles. The molecule has 18 heavy (non-hydrogen) atoms. The SMILES string of the molecule is Cn1nc(C#N)c(Br)c1-c1csc2ccccc12. The minimum atomic E-state index is 0.419. The molecule has 0 bridgehead atoms. The molecule has 0 saturated heterocycles. The Morgan fingerprint density at radius 1 is 1.39 bits per heavy atom. The molecule has 3 aromatic rings. The number of hydrogen-bond acceptors (Lipinski definition) is 3. The third kappa shape index (κ3) is 1.57. The van der Waals surface area contributed by atoms with Gasteiger partial charge in [-0.3, -0.25) is 4.68 Å². The van der Waals surface area contributed by atoms with Crippen molar-refractivity contribution in [1.29, 1.82) is 5.26 Å². The molecule has 0 fully saturated rings. The number of nitriles is 1. The van der Waals surface area contributed by atoms with Crippen LogP contribution >= 0.6 is 27.3 Å². The lowest BCUT2D eigenvalue weighted by Gasteiger charge is -2.01. The smallest absolute Gasteiger partial charge is 0.177 e. The molecule has 0 unspecified atom stereocenters. The Labute approximate surface area is 116 Å². The molecule has 88 valence electrons. The zero-order valence-corrected chi connectivity index (χ0v) is 11.9. The Bertz CT molecular complexity index is 779. The summed E-state index contributed by atoms with van der Waals surface area (Å²) in [7, 11) is 1.85.